The second kappa shape index (κ2) is 5.40. The number of aromatic hydroxyl groups is 1. The molecule has 0 atom stereocenters. The summed E-state index contributed by atoms with van der Waals surface area (Å²) in [4.78, 5) is 0. The minimum absolute atomic E-state index is 0. The van der Waals surface area contributed by atoms with Crippen molar-refractivity contribution in [1.29, 1.82) is 0 Å². The molecule has 0 aromatic heterocycles. The molecular weight excluding hydrogens is 279 g/mol. The lowest BCUT2D eigenvalue weighted by Gasteiger charge is -2.15. The van der Waals surface area contributed by atoms with Gasteiger partial charge in [0, 0.05) is 11.3 Å². The van der Waals surface area contributed by atoms with E-state index >= 15 is 0 Å². The lowest BCUT2D eigenvalue weighted by atomic mass is 9.97. The second-order valence-electron chi connectivity index (χ2n) is 3.78. The average Bonchev–Trinajstić information content (AvgIpc) is 2.28. The Hall–Kier alpha value is -1.88. The van der Waals surface area contributed by atoms with Crippen LogP contribution in [-0.4, -0.2) is 5.11 Å². The molecule has 2 aromatic carbocycles. The molecule has 3 N–H and O–H groups in total. The molecule has 0 aliphatic carbocycles. The zero-order valence-electron chi connectivity index (χ0n) is 9.61. The summed E-state index contributed by atoms with van der Waals surface area (Å²) in [7, 11) is 0. The van der Waals surface area contributed by atoms with Crippen LogP contribution >= 0.6 is 12.4 Å². The summed E-state index contributed by atoms with van der Waals surface area (Å²) in [6, 6.07) is 9.24. The normalized spacial score (nSPS) is 10.9. The van der Waals surface area contributed by atoms with Crippen LogP contribution in [0.15, 0.2) is 42.5 Å². The van der Waals surface area contributed by atoms with Crippen LogP contribution in [0.2, 0.25) is 0 Å². The lowest BCUT2D eigenvalue weighted by molar-refractivity contribution is -0.137. The molecule has 19 heavy (non-hydrogen) atoms. The summed E-state index contributed by atoms with van der Waals surface area (Å²) in [6.45, 7) is 0. The molecule has 0 bridgehead atoms. The summed E-state index contributed by atoms with van der Waals surface area (Å²) in [5.41, 5.74) is 4.80. The van der Waals surface area contributed by atoms with E-state index in [-0.39, 0.29) is 35.0 Å². The average molecular weight is 290 g/mol. The van der Waals surface area contributed by atoms with Crippen molar-refractivity contribution in [2.45, 2.75) is 6.18 Å². The first-order valence-electron chi connectivity index (χ1n) is 5.15. The number of nitrogens with two attached hydrogens (primary N) is 1. The first-order valence-corrected chi connectivity index (χ1v) is 5.15. The fourth-order valence-corrected chi connectivity index (χ4v) is 1.80. The summed E-state index contributed by atoms with van der Waals surface area (Å²) < 4.78 is 38.6. The molecule has 102 valence electrons. The Morgan fingerprint density at radius 3 is 2.16 bits per heavy atom. The van der Waals surface area contributed by atoms with Crippen molar-refractivity contribution in [1.82, 2.24) is 0 Å². The number of anilines is 1. The van der Waals surface area contributed by atoms with E-state index in [0.717, 1.165) is 6.07 Å². The van der Waals surface area contributed by atoms with Crippen LogP contribution in [0.5, 0.6) is 5.75 Å². The molecule has 0 saturated heterocycles. The molecule has 6 heteroatoms. The van der Waals surface area contributed by atoms with Crippen molar-refractivity contribution in [2.75, 3.05) is 5.73 Å². The van der Waals surface area contributed by atoms with Gasteiger partial charge in [-0.15, -0.1) is 12.4 Å². The van der Waals surface area contributed by atoms with Crippen LogP contribution in [0, 0.1) is 0 Å². The molecule has 0 radical (unpaired) electrons. The van der Waals surface area contributed by atoms with Crippen LogP contribution in [0.3, 0.4) is 0 Å². The summed E-state index contributed by atoms with van der Waals surface area (Å²) in [5, 5.41) is 9.69. The van der Waals surface area contributed by atoms with Crippen LogP contribution < -0.4 is 5.73 Å². The number of hydrogen-bond acceptors (Lipinski definition) is 2. The van der Waals surface area contributed by atoms with Gasteiger partial charge in [0.2, 0.25) is 0 Å². The molecule has 0 heterocycles. The van der Waals surface area contributed by atoms with Crippen LogP contribution in [0.1, 0.15) is 5.56 Å². The minimum atomic E-state index is -4.49. The van der Waals surface area contributed by atoms with Gasteiger partial charge in [0.15, 0.2) is 0 Å². The predicted octanol–water partition coefficient (Wildman–Crippen LogP) is 4.08. The lowest BCUT2D eigenvalue weighted by Crippen LogP contribution is -2.07. The first-order chi connectivity index (χ1) is 8.41. The SMILES string of the molecule is Cl.Nc1cccc(O)c1-c1ccccc1C(F)(F)F. The fourth-order valence-electron chi connectivity index (χ4n) is 1.80. The summed E-state index contributed by atoms with van der Waals surface area (Å²) in [6.07, 6.45) is -4.49. The quantitative estimate of drug-likeness (QED) is 0.777. The van der Waals surface area contributed by atoms with Gasteiger partial charge >= 0.3 is 6.18 Å². The van der Waals surface area contributed by atoms with Crippen molar-refractivity contribution < 1.29 is 18.3 Å². The molecule has 0 saturated carbocycles. The molecule has 2 aromatic rings. The highest BCUT2D eigenvalue weighted by Crippen LogP contribution is 2.42. The summed E-state index contributed by atoms with van der Waals surface area (Å²) >= 11 is 0. The highest BCUT2D eigenvalue weighted by Gasteiger charge is 2.34. The number of benzene rings is 2. The fraction of sp³-hybridized carbons (Fsp3) is 0.0769. The van der Waals surface area contributed by atoms with E-state index in [2.05, 4.69) is 0 Å². The Morgan fingerprint density at radius 2 is 1.58 bits per heavy atom. The molecule has 0 fully saturated rings. The van der Waals surface area contributed by atoms with E-state index in [1.165, 1.54) is 36.4 Å². The van der Waals surface area contributed by atoms with Crippen molar-refractivity contribution in [3.8, 4) is 16.9 Å². The highest BCUT2D eigenvalue weighted by molar-refractivity contribution is 5.85. The zero-order valence-corrected chi connectivity index (χ0v) is 10.4. The van der Waals surface area contributed by atoms with E-state index in [1.807, 2.05) is 0 Å². The van der Waals surface area contributed by atoms with Gasteiger partial charge in [-0.25, -0.2) is 0 Å². The molecule has 2 rings (SSSR count). The Labute approximate surface area is 114 Å². The minimum Gasteiger partial charge on any atom is -0.507 e. The maximum Gasteiger partial charge on any atom is 0.417 e. The topological polar surface area (TPSA) is 46.2 Å². The highest BCUT2D eigenvalue weighted by atomic mass is 35.5. The van der Waals surface area contributed by atoms with Crippen molar-refractivity contribution in [3.05, 3.63) is 48.0 Å². The van der Waals surface area contributed by atoms with Gasteiger partial charge in [-0.05, 0) is 23.8 Å². The van der Waals surface area contributed by atoms with Crippen LogP contribution in [0.25, 0.3) is 11.1 Å². The number of phenols is 1. The standard InChI is InChI=1S/C13H10F3NO.ClH/c14-13(15,16)9-5-2-1-4-8(9)12-10(17)6-3-7-11(12)18;/h1-7,18H,17H2;1H. The van der Waals surface area contributed by atoms with Crippen molar-refractivity contribution in [3.63, 3.8) is 0 Å². The number of halogens is 4. The van der Waals surface area contributed by atoms with Crippen molar-refractivity contribution >= 4 is 18.1 Å². The van der Waals surface area contributed by atoms with E-state index < -0.39 is 11.7 Å². The Balaban J connectivity index is 0.00000180. The number of hydrogen-bond donors (Lipinski definition) is 2. The van der Waals surface area contributed by atoms with Crippen LogP contribution in [-0.2, 0) is 6.18 Å². The van der Waals surface area contributed by atoms with Gasteiger partial charge in [0.25, 0.3) is 0 Å². The van der Waals surface area contributed by atoms with Gasteiger partial charge in [0.05, 0.1) is 5.56 Å². The molecule has 0 aliphatic heterocycles. The molecule has 0 spiro atoms. The van der Waals surface area contributed by atoms with E-state index in [1.54, 1.807) is 0 Å². The second-order valence-corrected chi connectivity index (χ2v) is 3.78. The van der Waals surface area contributed by atoms with Gasteiger partial charge in [-0.3, -0.25) is 0 Å². The van der Waals surface area contributed by atoms with E-state index in [0.29, 0.717) is 0 Å². The number of alkyl halides is 3. The van der Waals surface area contributed by atoms with Gasteiger partial charge in [0.1, 0.15) is 5.75 Å². The molecule has 0 unspecified atom stereocenters. The predicted molar refractivity (Wildman–Crippen MR) is 70.2 cm³/mol. The molecule has 2 nitrogen and oxygen atoms in total. The van der Waals surface area contributed by atoms with Gasteiger partial charge < -0.3 is 10.8 Å². The van der Waals surface area contributed by atoms with Gasteiger partial charge in [-0.2, -0.15) is 13.2 Å². The number of nitrogen functional groups attached to an aromatic ring is 1. The first kappa shape index (κ1) is 15.2. The van der Waals surface area contributed by atoms with Crippen LogP contribution in [0.4, 0.5) is 18.9 Å². The van der Waals surface area contributed by atoms with E-state index in [4.69, 9.17) is 5.73 Å². The number of phenolic OH excluding ortho intramolecular Hbond substituents is 1. The van der Waals surface area contributed by atoms with E-state index in [9.17, 15) is 18.3 Å². The monoisotopic (exact) mass is 289 g/mol. The smallest absolute Gasteiger partial charge is 0.417 e. The third-order valence-electron chi connectivity index (χ3n) is 2.58. The molecule has 0 aliphatic rings. The maximum absolute atomic E-state index is 12.9. The maximum atomic E-state index is 12.9. The largest absolute Gasteiger partial charge is 0.507 e. The summed E-state index contributed by atoms with van der Waals surface area (Å²) in [5.74, 6) is -0.272. The Kier molecular flexibility index (Phi) is 4.32. The Morgan fingerprint density at radius 1 is 0.947 bits per heavy atom. The third-order valence-corrected chi connectivity index (χ3v) is 2.58. The number of rotatable bonds is 1. The van der Waals surface area contributed by atoms with Crippen molar-refractivity contribution in [2.24, 2.45) is 0 Å². The van der Waals surface area contributed by atoms with Gasteiger partial charge in [-0.1, -0.05) is 24.3 Å². The zero-order chi connectivity index (χ0) is 13.3. The molecular formula is C13H11ClF3NO. The third kappa shape index (κ3) is 2.93. The Bertz CT molecular complexity index is 564. The molecule has 0 amide bonds.